The summed E-state index contributed by atoms with van der Waals surface area (Å²) >= 11 is 0. The van der Waals surface area contributed by atoms with Crippen molar-refractivity contribution in [3.8, 4) is 5.75 Å². The third kappa shape index (κ3) is 4.30. The van der Waals surface area contributed by atoms with Crippen molar-refractivity contribution >= 4 is 0 Å². The SMILES string of the molecule is CC(CN)Cc1ccc(OC(C)C)cn1. The fourth-order valence-corrected chi connectivity index (χ4v) is 1.31. The third-order valence-electron chi connectivity index (χ3n) is 2.13. The molecule has 0 spiro atoms. The van der Waals surface area contributed by atoms with Gasteiger partial charge in [0.25, 0.3) is 0 Å². The Kier molecular flexibility index (Phi) is 4.56. The molecular weight excluding hydrogens is 188 g/mol. The lowest BCUT2D eigenvalue weighted by molar-refractivity contribution is 0.241. The molecule has 84 valence electrons. The second-order valence-electron chi connectivity index (χ2n) is 4.20. The number of pyridine rings is 1. The van der Waals surface area contributed by atoms with Crippen LogP contribution in [0.25, 0.3) is 0 Å². The van der Waals surface area contributed by atoms with Gasteiger partial charge in [0.15, 0.2) is 0 Å². The molecule has 0 saturated heterocycles. The molecule has 0 radical (unpaired) electrons. The van der Waals surface area contributed by atoms with Crippen LogP contribution in [0.15, 0.2) is 18.3 Å². The Hall–Kier alpha value is -1.09. The lowest BCUT2D eigenvalue weighted by Crippen LogP contribution is -2.13. The van der Waals surface area contributed by atoms with Crippen molar-refractivity contribution < 1.29 is 4.74 Å². The Morgan fingerprint density at radius 3 is 2.53 bits per heavy atom. The number of hydrogen-bond donors (Lipinski definition) is 1. The maximum atomic E-state index is 5.56. The summed E-state index contributed by atoms with van der Waals surface area (Å²) in [5.74, 6) is 1.31. The molecule has 1 unspecified atom stereocenters. The zero-order valence-electron chi connectivity index (χ0n) is 9.73. The second-order valence-corrected chi connectivity index (χ2v) is 4.20. The highest BCUT2D eigenvalue weighted by molar-refractivity contribution is 5.20. The lowest BCUT2D eigenvalue weighted by atomic mass is 10.1. The molecule has 3 nitrogen and oxygen atoms in total. The average Bonchev–Trinajstić information content (AvgIpc) is 2.20. The zero-order chi connectivity index (χ0) is 11.3. The number of aromatic nitrogens is 1. The average molecular weight is 208 g/mol. The minimum absolute atomic E-state index is 0.195. The molecule has 0 amide bonds. The van der Waals surface area contributed by atoms with Gasteiger partial charge in [-0.15, -0.1) is 0 Å². The quantitative estimate of drug-likeness (QED) is 0.805. The molecule has 2 N–H and O–H groups in total. The smallest absolute Gasteiger partial charge is 0.137 e. The van der Waals surface area contributed by atoms with Gasteiger partial charge in [-0.3, -0.25) is 4.98 Å². The molecule has 0 fully saturated rings. The predicted octanol–water partition coefficient (Wildman–Crippen LogP) is 2.01. The van der Waals surface area contributed by atoms with E-state index in [-0.39, 0.29) is 6.10 Å². The van der Waals surface area contributed by atoms with E-state index in [0.717, 1.165) is 17.9 Å². The van der Waals surface area contributed by atoms with Crippen molar-refractivity contribution in [1.82, 2.24) is 4.98 Å². The minimum Gasteiger partial charge on any atom is -0.489 e. The van der Waals surface area contributed by atoms with Gasteiger partial charge in [-0.1, -0.05) is 6.92 Å². The number of ether oxygens (including phenoxy) is 1. The Morgan fingerprint density at radius 1 is 1.33 bits per heavy atom. The highest BCUT2D eigenvalue weighted by Gasteiger charge is 2.03. The third-order valence-corrected chi connectivity index (χ3v) is 2.13. The van der Waals surface area contributed by atoms with Crippen LogP contribution in [-0.2, 0) is 6.42 Å². The zero-order valence-corrected chi connectivity index (χ0v) is 9.73. The van der Waals surface area contributed by atoms with Crippen LogP contribution in [0, 0.1) is 5.92 Å². The lowest BCUT2D eigenvalue weighted by Gasteiger charge is -2.10. The van der Waals surface area contributed by atoms with E-state index >= 15 is 0 Å². The largest absolute Gasteiger partial charge is 0.489 e. The first kappa shape index (κ1) is 12.0. The first-order valence-corrected chi connectivity index (χ1v) is 5.43. The summed E-state index contributed by atoms with van der Waals surface area (Å²) < 4.78 is 5.51. The number of rotatable bonds is 5. The van der Waals surface area contributed by atoms with E-state index in [1.165, 1.54) is 0 Å². The summed E-state index contributed by atoms with van der Waals surface area (Å²) in [6, 6.07) is 3.97. The minimum atomic E-state index is 0.195. The van der Waals surface area contributed by atoms with Crippen molar-refractivity contribution in [2.45, 2.75) is 33.3 Å². The molecule has 15 heavy (non-hydrogen) atoms. The van der Waals surface area contributed by atoms with Crippen LogP contribution < -0.4 is 10.5 Å². The maximum Gasteiger partial charge on any atom is 0.137 e. The molecule has 1 atom stereocenters. The number of nitrogens with zero attached hydrogens (tertiary/aromatic N) is 1. The first-order valence-electron chi connectivity index (χ1n) is 5.43. The van der Waals surface area contributed by atoms with Gasteiger partial charge >= 0.3 is 0 Å². The van der Waals surface area contributed by atoms with E-state index in [9.17, 15) is 0 Å². The summed E-state index contributed by atoms with van der Waals surface area (Å²) in [7, 11) is 0. The highest BCUT2D eigenvalue weighted by Crippen LogP contribution is 2.13. The van der Waals surface area contributed by atoms with Crippen LogP contribution in [0.4, 0.5) is 0 Å². The molecule has 0 aliphatic carbocycles. The molecule has 1 aromatic heterocycles. The first-order chi connectivity index (χ1) is 7.11. The molecule has 0 bridgehead atoms. The van der Waals surface area contributed by atoms with Crippen molar-refractivity contribution in [3.05, 3.63) is 24.0 Å². The Balaban J connectivity index is 2.56. The monoisotopic (exact) mass is 208 g/mol. The summed E-state index contributed by atoms with van der Waals surface area (Å²) in [5.41, 5.74) is 6.64. The molecular formula is C12H20N2O. The van der Waals surface area contributed by atoms with E-state index in [1.807, 2.05) is 26.0 Å². The predicted molar refractivity (Wildman–Crippen MR) is 61.9 cm³/mol. The maximum absolute atomic E-state index is 5.56. The molecule has 0 aliphatic rings. The summed E-state index contributed by atoms with van der Waals surface area (Å²) in [4.78, 5) is 4.34. The summed E-state index contributed by atoms with van der Waals surface area (Å²) in [6.45, 7) is 6.83. The fourth-order valence-electron chi connectivity index (χ4n) is 1.31. The van der Waals surface area contributed by atoms with E-state index in [0.29, 0.717) is 12.5 Å². The van der Waals surface area contributed by atoms with Crippen molar-refractivity contribution in [2.75, 3.05) is 6.54 Å². The topological polar surface area (TPSA) is 48.1 Å². The van der Waals surface area contributed by atoms with Crippen molar-refractivity contribution in [3.63, 3.8) is 0 Å². The van der Waals surface area contributed by atoms with Gasteiger partial charge in [0.1, 0.15) is 5.75 Å². The summed E-state index contributed by atoms with van der Waals surface area (Å²) in [6.07, 6.45) is 2.90. The normalized spacial score (nSPS) is 12.9. The molecule has 0 aliphatic heterocycles. The van der Waals surface area contributed by atoms with Gasteiger partial charge in [-0.25, -0.2) is 0 Å². The molecule has 1 heterocycles. The molecule has 1 rings (SSSR count). The van der Waals surface area contributed by atoms with Gasteiger partial charge in [0.05, 0.1) is 12.3 Å². The van der Waals surface area contributed by atoms with E-state index in [2.05, 4.69) is 11.9 Å². The number of hydrogen-bond acceptors (Lipinski definition) is 3. The Bertz CT molecular complexity index is 282. The molecule has 0 saturated carbocycles. The fraction of sp³-hybridized carbons (Fsp3) is 0.583. The van der Waals surface area contributed by atoms with Crippen LogP contribution in [-0.4, -0.2) is 17.6 Å². The molecule has 1 aromatic rings. The van der Waals surface area contributed by atoms with Gasteiger partial charge in [-0.05, 0) is 44.9 Å². The highest BCUT2D eigenvalue weighted by atomic mass is 16.5. The van der Waals surface area contributed by atoms with E-state index in [1.54, 1.807) is 6.20 Å². The van der Waals surface area contributed by atoms with Gasteiger partial charge in [0.2, 0.25) is 0 Å². The van der Waals surface area contributed by atoms with Crippen LogP contribution in [0.2, 0.25) is 0 Å². The van der Waals surface area contributed by atoms with Gasteiger partial charge in [0, 0.05) is 5.69 Å². The molecule has 0 aromatic carbocycles. The Morgan fingerprint density at radius 2 is 2.07 bits per heavy atom. The van der Waals surface area contributed by atoms with E-state index < -0.39 is 0 Å². The van der Waals surface area contributed by atoms with Crippen LogP contribution in [0.1, 0.15) is 26.5 Å². The van der Waals surface area contributed by atoms with Gasteiger partial charge in [-0.2, -0.15) is 0 Å². The van der Waals surface area contributed by atoms with Crippen molar-refractivity contribution in [2.24, 2.45) is 11.7 Å². The van der Waals surface area contributed by atoms with E-state index in [4.69, 9.17) is 10.5 Å². The van der Waals surface area contributed by atoms with Crippen LogP contribution in [0.3, 0.4) is 0 Å². The molecule has 3 heteroatoms. The Labute approximate surface area is 91.7 Å². The van der Waals surface area contributed by atoms with Gasteiger partial charge < -0.3 is 10.5 Å². The second kappa shape index (κ2) is 5.71. The van der Waals surface area contributed by atoms with Crippen LogP contribution in [0.5, 0.6) is 5.75 Å². The van der Waals surface area contributed by atoms with Crippen LogP contribution >= 0.6 is 0 Å². The standard InChI is InChI=1S/C12H20N2O/c1-9(2)15-12-5-4-11(14-8-12)6-10(3)7-13/h4-5,8-10H,6-7,13H2,1-3H3. The number of nitrogens with two attached hydrogens (primary N) is 1. The summed E-state index contributed by atoms with van der Waals surface area (Å²) in [5, 5.41) is 0. The van der Waals surface area contributed by atoms with Crippen molar-refractivity contribution in [1.29, 1.82) is 0 Å².